The molecule has 0 unspecified atom stereocenters. The summed E-state index contributed by atoms with van der Waals surface area (Å²) in [5.41, 5.74) is 6.14. The Bertz CT molecular complexity index is 483. The number of rotatable bonds is 1. The summed E-state index contributed by atoms with van der Waals surface area (Å²) in [6.45, 7) is 0. The Morgan fingerprint density at radius 2 is 1.19 bits per heavy atom. The van der Waals surface area contributed by atoms with E-state index in [1.165, 1.54) is 11.1 Å². The monoisotopic (exact) mass is 404 g/mol. The normalized spacial score (nSPS) is 13.9. The summed E-state index contributed by atoms with van der Waals surface area (Å²) in [6.07, 6.45) is 0. The maximum absolute atomic E-state index is 2.51. The van der Waals surface area contributed by atoms with Crippen molar-refractivity contribution < 1.29 is 0 Å². The topological polar surface area (TPSA) is 0 Å². The second kappa shape index (κ2) is 3.96. The maximum atomic E-state index is 2.51. The van der Waals surface area contributed by atoms with E-state index in [0.717, 1.165) is 3.63 Å². The first-order valence-corrected chi connectivity index (χ1v) is 14.6. The van der Waals surface area contributed by atoms with Crippen LogP contribution in [0.15, 0.2) is 48.5 Å². The van der Waals surface area contributed by atoms with Crippen LogP contribution in [0.4, 0.5) is 0 Å². The quantitative estimate of drug-likeness (QED) is 0.629. The molecule has 0 aliphatic heterocycles. The van der Waals surface area contributed by atoms with Gasteiger partial charge in [-0.25, -0.2) is 0 Å². The molecule has 0 saturated heterocycles. The first kappa shape index (κ1) is 10.5. The second-order valence-electron chi connectivity index (χ2n) is 4.54. The number of hydrogen-bond acceptors (Lipinski definition) is 0. The third-order valence-electron chi connectivity index (χ3n) is 3.32. The van der Waals surface area contributed by atoms with Crippen molar-refractivity contribution in [3.05, 3.63) is 59.7 Å². The third-order valence-corrected chi connectivity index (χ3v) is 9.50. The Balaban J connectivity index is 2.30. The van der Waals surface area contributed by atoms with Gasteiger partial charge in [0.05, 0.1) is 0 Å². The number of benzene rings is 2. The van der Waals surface area contributed by atoms with Gasteiger partial charge in [-0.1, -0.05) is 0 Å². The SMILES string of the molecule is [CH3][Bi]([CH3])[CH]1c2ccccc2-c2ccccc21. The minimum atomic E-state index is -1.33. The van der Waals surface area contributed by atoms with E-state index in [-0.39, 0.29) is 0 Å². The molecule has 0 fully saturated rings. The van der Waals surface area contributed by atoms with Gasteiger partial charge < -0.3 is 0 Å². The average Bonchev–Trinajstić information content (AvgIpc) is 2.63. The van der Waals surface area contributed by atoms with Crippen molar-refractivity contribution in [2.75, 3.05) is 0 Å². The fraction of sp³-hybridized carbons (Fsp3) is 0.200. The molecule has 0 nitrogen and oxygen atoms in total. The van der Waals surface area contributed by atoms with Crippen LogP contribution in [-0.2, 0) is 0 Å². The predicted molar refractivity (Wildman–Crippen MR) is 71.2 cm³/mol. The molecular weight excluding hydrogens is 389 g/mol. The van der Waals surface area contributed by atoms with Crippen LogP contribution in [0.5, 0.6) is 0 Å². The Morgan fingerprint density at radius 1 is 0.750 bits per heavy atom. The second-order valence-corrected chi connectivity index (χ2v) is 14.0. The molecule has 0 saturated carbocycles. The van der Waals surface area contributed by atoms with Crippen LogP contribution in [0, 0.1) is 0 Å². The van der Waals surface area contributed by atoms with Crippen LogP contribution in [0.1, 0.15) is 14.8 Å². The van der Waals surface area contributed by atoms with Gasteiger partial charge in [0, 0.05) is 0 Å². The van der Waals surface area contributed by atoms with Crippen LogP contribution in [-0.4, -0.2) is 21.8 Å². The summed E-state index contributed by atoms with van der Waals surface area (Å²) in [7, 11) is 0. The zero-order valence-electron chi connectivity index (χ0n) is 9.64. The van der Waals surface area contributed by atoms with Crippen LogP contribution >= 0.6 is 0 Å². The number of hydrogen-bond donors (Lipinski definition) is 0. The van der Waals surface area contributed by atoms with Crippen LogP contribution in [0.3, 0.4) is 0 Å². The third kappa shape index (κ3) is 1.45. The van der Waals surface area contributed by atoms with Gasteiger partial charge in [-0.15, -0.1) is 0 Å². The molecule has 0 bridgehead atoms. The van der Waals surface area contributed by atoms with Gasteiger partial charge in [-0.3, -0.25) is 0 Å². The van der Waals surface area contributed by atoms with E-state index < -0.39 is 21.8 Å². The molecule has 1 aliphatic rings. The van der Waals surface area contributed by atoms with Crippen LogP contribution in [0.2, 0.25) is 9.26 Å². The summed E-state index contributed by atoms with van der Waals surface area (Å²) in [4.78, 5) is 0. The fourth-order valence-electron chi connectivity index (χ4n) is 2.69. The molecule has 0 N–H and O–H groups in total. The van der Waals surface area contributed by atoms with Gasteiger partial charge in [0.2, 0.25) is 0 Å². The molecule has 0 heterocycles. The van der Waals surface area contributed by atoms with E-state index in [9.17, 15) is 0 Å². The van der Waals surface area contributed by atoms with Gasteiger partial charge in [0.1, 0.15) is 0 Å². The molecule has 3 rings (SSSR count). The Labute approximate surface area is 105 Å². The van der Waals surface area contributed by atoms with Crippen molar-refractivity contribution in [1.29, 1.82) is 0 Å². The molecule has 0 spiro atoms. The summed E-state index contributed by atoms with van der Waals surface area (Å²) >= 11 is -1.33. The molecule has 1 heteroatoms. The average molecular weight is 404 g/mol. The van der Waals surface area contributed by atoms with Crippen molar-refractivity contribution in [1.82, 2.24) is 0 Å². The molecular formula is C15H15Bi. The summed E-state index contributed by atoms with van der Waals surface area (Å²) < 4.78 is 5.81. The molecule has 0 amide bonds. The molecule has 0 radical (unpaired) electrons. The first-order chi connectivity index (χ1) is 7.79. The molecule has 0 aromatic heterocycles. The molecule has 2 aromatic carbocycles. The van der Waals surface area contributed by atoms with Gasteiger partial charge in [0.25, 0.3) is 0 Å². The Morgan fingerprint density at radius 3 is 1.62 bits per heavy atom. The molecule has 80 valence electrons. The minimum absolute atomic E-state index is 0.780. The molecule has 2 aromatic rings. The fourth-order valence-corrected chi connectivity index (χ4v) is 8.76. The van der Waals surface area contributed by atoms with Gasteiger partial charge >= 0.3 is 105 Å². The van der Waals surface area contributed by atoms with Crippen LogP contribution in [0.25, 0.3) is 11.1 Å². The summed E-state index contributed by atoms with van der Waals surface area (Å²) in [5, 5.41) is 0. The zero-order chi connectivity index (χ0) is 11.1. The van der Waals surface area contributed by atoms with Gasteiger partial charge in [-0.05, 0) is 0 Å². The van der Waals surface area contributed by atoms with E-state index in [2.05, 4.69) is 57.8 Å². The van der Waals surface area contributed by atoms with Crippen molar-refractivity contribution in [3.63, 3.8) is 0 Å². The van der Waals surface area contributed by atoms with Crippen molar-refractivity contribution in [3.8, 4) is 11.1 Å². The Hall–Kier alpha value is -0.677. The van der Waals surface area contributed by atoms with Crippen molar-refractivity contribution in [2.45, 2.75) is 12.9 Å². The predicted octanol–water partition coefficient (Wildman–Crippen LogP) is 4.09. The standard InChI is InChI=1S/C13H9.2CH3.Bi/c1-3-7-12-10(5-1)9-11-6-2-4-8-13(11)12;;;/h1-9H;2*1H3;. The van der Waals surface area contributed by atoms with E-state index in [0.29, 0.717) is 0 Å². The van der Waals surface area contributed by atoms with Crippen molar-refractivity contribution in [2.24, 2.45) is 0 Å². The van der Waals surface area contributed by atoms with E-state index in [1.54, 1.807) is 11.1 Å². The summed E-state index contributed by atoms with van der Waals surface area (Å²) in [5.74, 6) is 0. The van der Waals surface area contributed by atoms with E-state index in [1.807, 2.05) is 0 Å². The van der Waals surface area contributed by atoms with E-state index in [4.69, 9.17) is 0 Å². The van der Waals surface area contributed by atoms with Crippen LogP contribution < -0.4 is 0 Å². The van der Waals surface area contributed by atoms with Gasteiger partial charge in [0.15, 0.2) is 0 Å². The molecule has 16 heavy (non-hydrogen) atoms. The zero-order valence-corrected chi connectivity index (χ0v) is 13.1. The van der Waals surface area contributed by atoms with Crippen molar-refractivity contribution >= 4 is 21.8 Å². The molecule has 0 atom stereocenters. The number of fused-ring (bicyclic) bond motifs is 3. The Kier molecular flexibility index (Phi) is 2.60. The summed E-state index contributed by atoms with van der Waals surface area (Å²) in [6, 6.07) is 17.9. The van der Waals surface area contributed by atoms with E-state index >= 15 is 0 Å². The molecule has 1 aliphatic carbocycles. The van der Waals surface area contributed by atoms with Gasteiger partial charge in [-0.2, -0.15) is 0 Å². The first-order valence-electron chi connectivity index (χ1n) is 5.63.